The molecule has 3 N–H and O–H groups in total. The number of hydrogen-bond donors (Lipinski definition) is 3. The number of nitrogens with one attached hydrogen (secondary N) is 2. The van der Waals surface area contributed by atoms with Gasteiger partial charge in [-0.25, -0.2) is 9.37 Å². The number of rotatable bonds is 5. The summed E-state index contributed by atoms with van der Waals surface area (Å²) in [6.07, 6.45) is 0. The van der Waals surface area contributed by atoms with Crippen LogP contribution in [0.2, 0.25) is 5.02 Å². The van der Waals surface area contributed by atoms with E-state index in [9.17, 15) is 4.39 Å². The standard InChI is InChI=1S/C16H14ClFN4O/c17-12-9-10(5-6-13(12)18)20-16-21-14-4-2-1-3-11(14)15(22-16)19-7-8-23/h1-6,9,23H,7-8H2,(H2,19,20,21,22). The SMILES string of the molecule is OCCNc1nc(Nc2ccc(F)c(Cl)c2)nc2ccccc12. The molecule has 0 aliphatic heterocycles. The van der Waals surface area contributed by atoms with Crippen LogP contribution in [-0.2, 0) is 0 Å². The minimum Gasteiger partial charge on any atom is -0.395 e. The quantitative estimate of drug-likeness (QED) is 0.666. The maximum atomic E-state index is 13.2. The van der Waals surface area contributed by atoms with Crippen molar-refractivity contribution < 1.29 is 9.50 Å². The van der Waals surface area contributed by atoms with Crippen molar-refractivity contribution >= 4 is 40.0 Å². The molecule has 7 heteroatoms. The Labute approximate surface area is 137 Å². The second kappa shape index (κ2) is 6.76. The molecule has 0 fully saturated rings. The Morgan fingerprint density at radius 3 is 2.74 bits per heavy atom. The highest BCUT2D eigenvalue weighted by Gasteiger charge is 2.08. The van der Waals surface area contributed by atoms with Crippen LogP contribution < -0.4 is 10.6 Å². The van der Waals surface area contributed by atoms with Gasteiger partial charge in [-0.1, -0.05) is 23.7 Å². The monoisotopic (exact) mass is 332 g/mol. The number of halogens is 2. The van der Waals surface area contributed by atoms with Crippen molar-refractivity contribution in [3.8, 4) is 0 Å². The van der Waals surface area contributed by atoms with E-state index in [1.807, 2.05) is 24.3 Å². The molecular weight excluding hydrogens is 319 g/mol. The van der Waals surface area contributed by atoms with Gasteiger partial charge in [0.1, 0.15) is 11.6 Å². The van der Waals surface area contributed by atoms with Gasteiger partial charge in [-0.15, -0.1) is 0 Å². The smallest absolute Gasteiger partial charge is 0.229 e. The molecule has 0 amide bonds. The van der Waals surface area contributed by atoms with Crippen molar-refractivity contribution in [1.82, 2.24) is 9.97 Å². The molecule has 5 nitrogen and oxygen atoms in total. The third-order valence-corrected chi connectivity index (χ3v) is 3.47. The molecule has 0 aliphatic carbocycles. The van der Waals surface area contributed by atoms with E-state index < -0.39 is 5.82 Å². The number of fused-ring (bicyclic) bond motifs is 1. The Hall–Kier alpha value is -2.44. The zero-order chi connectivity index (χ0) is 16.2. The fraction of sp³-hybridized carbons (Fsp3) is 0.125. The Balaban J connectivity index is 1.98. The van der Waals surface area contributed by atoms with Crippen molar-refractivity contribution in [3.05, 3.63) is 53.3 Å². The third-order valence-electron chi connectivity index (χ3n) is 3.18. The topological polar surface area (TPSA) is 70.1 Å². The third kappa shape index (κ3) is 3.49. The van der Waals surface area contributed by atoms with Crippen LogP contribution in [0.15, 0.2) is 42.5 Å². The van der Waals surface area contributed by atoms with Crippen LogP contribution in [0, 0.1) is 5.82 Å². The summed E-state index contributed by atoms with van der Waals surface area (Å²) in [6.45, 7) is 0.373. The number of benzene rings is 2. The van der Waals surface area contributed by atoms with E-state index in [0.717, 1.165) is 10.9 Å². The fourth-order valence-corrected chi connectivity index (χ4v) is 2.33. The van der Waals surface area contributed by atoms with E-state index in [1.165, 1.54) is 12.1 Å². The first-order valence-electron chi connectivity index (χ1n) is 7.01. The Bertz CT molecular complexity index is 843. The predicted molar refractivity (Wildman–Crippen MR) is 89.8 cm³/mol. The van der Waals surface area contributed by atoms with Crippen molar-refractivity contribution in [3.63, 3.8) is 0 Å². The summed E-state index contributed by atoms with van der Waals surface area (Å²) < 4.78 is 13.2. The Morgan fingerprint density at radius 1 is 1.13 bits per heavy atom. The van der Waals surface area contributed by atoms with Gasteiger partial charge in [-0.05, 0) is 30.3 Å². The number of aliphatic hydroxyl groups is 1. The number of hydrogen-bond acceptors (Lipinski definition) is 5. The van der Waals surface area contributed by atoms with Crippen LogP contribution in [0.1, 0.15) is 0 Å². The molecule has 0 saturated heterocycles. The fourth-order valence-electron chi connectivity index (χ4n) is 2.14. The van der Waals surface area contributed by atoms with Crippen LogP contribution in [-0.4, -0.2) is 28.2 Å². The maximum absolute atomic E-state index is 13.2. The van der Waals surface area contributed by atoms with Gasteiger partial charge in [0, 0.05) is 17.6 Å². The first-order chi connectivity index (χ1) is 11.2. The van der Waals surface area contributed by atoms with Crippen molar-refractivity contribution in [1.29, 1.82) is 0 Å². The lowest BCUT2D eigenvalue weighted by Crippen LogP contribution is -2.09. The minimum atomic E-state index is -0.484. The molecule has 0 atom stereocenters. The number of para-hydroxylation sites is 1. The summed E-state index contributed by atoms with van der Waals surface area (Å²) in [4.78, 5) is 8.83. The second-order valence-electron chi connectivity index (χ2n) is 4.82. The van der Waals surface area contributed by atoms with Gasteiger partial charge in [0.25, 0.3) is 0 Å². The van der Waals surface area contributed by atoms with Crippen molar-refractivity contribution in [2.24, 2.45) is 0 Å². The van der Waals surface area contributed by atoms with Gasteiger partial charge in [0.05, 0.1) is 17.1 Å². The number of anilines is 3. The molecule has 23 heavy (non-hydrogen) atoms. The van der Waals surface area contributed by atoms with Gasteiger partial charge < -0.3 is 15.7 Å². The first kappa shape index (κ1) is 15.5. The average molecular weight is 333 g/mol. The van der Waals surface area contributed by atoms with Gasteiger partial charge in [0.2, 0.25) is 5.95 Å². The zero-order valence-electron chi connectivity index (χ0n) is 12.1. The summed E-state index contributed by atoms with van der Waals surface area (Å²) in [5.74, 6) is 0.481. The molecule has 3 aromatic rings. The van der Waals surface area contributed by atoms with Crippen LogP contribution >= 0.6 is 11.6 Å². The highest BCUT2D eigenvalue weighted by atomic mass is 35.5. The van der Waals surface area contributed by atoms with Crippen LogP contribution in [0.25, 0.3) is 10.9 Å². The Morgan fingerprint density at radius 2 is 1.96 bits per heavy atom. The van der Waals surface area contributed by atoms with Crippen LogP contribution in [0.5, 0.6) is 0 Å². The van der Waals surface area contributed by atoms with E-state index in [-0.39, 0.29) is 11.6 Å². The molecule has 118 valence electrons. The first-order valence-corrected chi connectivity index (χ1v) is 7.39. The molecule has 1 aromatic heterocycles. The molecule has 0 saturated carbocycles. The highest BCUT2D eigenvalue weighted by Crippen LogP contribution is 2.25. The van der Waals surface area contributed by atoms with Gasteiger partial charge in [-0.3, -0.25) is 0 Å². The zero-order valence-corrected chi connectivity index (χ0v) is 12.8. The van der Waals surface area contributed by atoms with E-state index >= 15 is 0 Å². The lowest BCUT2D eigenvalue weighted by molar-refractivity contribution is 0.311. The normalized spacial score (nSPS) is 10.7. The molecule has 2 aromatic carbocycles. The molecule has 0 radical (unpaired) electrons. The summed E-state index contributed by atoms with van der Waals surface area (Å²) in [5, 5.41) is 15.9. The maximum Gasteiger partial charge on any atom is 0.229 e. The second-order valence-corrected chi connectivity index (χ2v) is 5.22. The van der Waals surface area contributed by atoms with Crippen LogP contribution in [0.3, 0.4) is 0 Å². The average Bonchev–Trinajstić information content (AvgIpc) is 2.56. The van der Waals surface area contributed by atoms with Crippen molar-refractivity contribution in [2.45, 2.75) is 0 Å². The minimum absolute atomic E-state index is 0.00530. The number of aromatic nitrogens is 2. The summed E-state index contributed by atoms with van der Waals surface area (Å²) in [7, 11) is 0. The summed E-state index contributed by atoms with van der Waals surface area (Å²) >= 11 is 5.78. The largest absolute Gasteiger partial charge is 0.395 e. The molecule has 0 aliphatic rings. The lowest BCUT2D eigenvalue weighted by Gasteiger charge is -2.11. The number of nitrogens with zero attached hydrogens (tertiary/aromatic N) is 2. The van der Waals surface area contributed by atoms with E-state index in [4.69, 9.17) is 16.7 Å². The summed E-state index contributed by atoms with van der Waals surface area (Å²) in [5.41, 5.74) is 1.33. The van der Waals surface area contributed by atoms with E-state index in [2.05, 4.69) is 20.6 Å². The molecular formula is C16H14ClFN4O. The molecule has 3 rings (SSSR count). The predicted octanol–water partition coefficient (Wildman–Crippen LogP) is 3.57. The van der Waals surface area contributed by atoms with E-state index in [0.29, 0.717) is 24.0 Å². The lowest BCUT2D eigenvalue weighted by atomic mass is 10.2. The molecule has 0 unspecified atom stereocenters. The van der Waals surface area contributed by atoms with Gasteiger partial charge >= 0.3 is 0 Å². The molecule has 0 spiro atoms. The summed E-state index contributed by atoms with van der Waals surface area (Å²) in [6, 6.07) is 11.8. The van der Waals surface area contributed by atoms with Crippen molar-refractivity contribution in [2.75, 3.05) is 23.8 Å². The highest BCUT2D eigenvalue weighted by molar-refractivity contribution is 6.31. The van der Waals surface area contributed by atoms with Crippen LogP contribution in [0.4, 0.5) is 21.8 Å². The van der Waals surface area contributed by atoms with Gasteiger partial charge in [0.15, 0.2) is 0 Å². The Kier molecular flexibility index (Phi) is 4.55. The molecule has 1 heterocycles. The molecule has 0 bridgehead atoms. The number of aliphatic hydroxyl groups excluding tert-OH is 1. The van der Waals surface area contributed by atoms with Gasteiger partial charge in [-0.2, -0.15) is 4.98 Å². The van der Waals surface area contributed by atoms with E-state index in [1.54, 1.807) is 6.07 Å².